The van der Waals surface area contributed by atoms with Crippen LogP contribution in [-0.2, 0) is 6.42 Å². The fraction of sp³-hybridized carbons (Fsp3) is 0.136. The second-order valence-corrected chi connectivity index (χ2v) is 7.27. The molecule has 0 saturated heterocycles. The largest absolute Gasteiger partial charge is 0.497 e. The van der Waals surface area contributed by atoms with Crippen LogP contribution in [0.25, 0.3) is 16.2 Å². The summed E-state index contributed by atoms with van der Waals surface area (Å²) in [6.07, 6.45) is 2.01. The van der Waals surface area contributed by atoms with E-state index in [1.165, 1.54) is 21.9 Å². The van der Waals surface area contributed by atoms with Crippen molar-refractivity contribution in [2.45, 2.75) is 6.42 Å². The number of carbonyl (C=O) groups excluding carboxylic acids is 1. The first-order valence-corrected chi connectivity index (χ1v) is 10.0. The molecule has 29 heavy (non-hydrogen) atoms. The Morgan fingerprint density at radius 1 is 1.14 bits per heavy atom. The summed E-state index contributed by atoms with van der Waals surface area (Å²) in [6.45, 7) is 0.419. The molecule has 0 aliphatic rings. The van der Waals surface area contributed by atoms with Crippen LogP contribution >= 0.6 is 11.3 Å². The van der Waals surface area contributed by atoms with E-state index in [0.29, 0.717) is 17.9 Å². The smallest absolute Gasteiger partial charge is 0.271 e. The van der Waals surface area contributed by atoms with E-state index in [-0.39, 0.29) is 11.1 Å². The van der Waals surface area contributed by atoms with E-state index in [4.69, 9.17) is 4.74 Å². The highest BCUT2D eigenvalue weighted by molar-refractivity contribution is 7.15. The van der Waals surface area contributed by atoms with Crippen LogP contribution in [-0.4, -0.2) is 28.9 Å². The number of hydrogen-bond acceptors (Lipinski definition) is 5. The number of hydrogen-bond donors (Lipinski definition) is 1. The monoisotopic (exact) mass is 405 g/mol. The number of aromatic nitrogens is 2. The van der Waals surface area contributed by atoms with Gasteiger partial charge in [0.25, 0.3) is 11.5 Å². The van der Waals surface area contributed by atoms with Crippen LogP contribution in [0.15, 0.2) is 71.0 Å². The summed E-state index contributed by atoms with van der Waals surface area (Å²) in [4.78, 5) is 30.4. The second-order valence-electron chi connectivity index (χ2n) is 6.44. The van der Waals surface area contributed by atoms with Crippen molar-refractivity contribution in [3.63, 3.8) is 0 Å². The van der Waals surface area contributed by atoms with Crippen molar-refractivity contribution in [3.05, 3.63) is 87.7 Å². The van der Waals surface area contributed by atoms with Crippen molar-refractivity contribution in [2.75, 3.05) is 13.7 Å². The first kappa shape index (κ1) is 18.9. The van der Waals surface area contributed by atoms with Gasteiger partial charge in [0.2, 0.25) is 0 Å². The number of rotatable bonds is 6. The number of thiazole rings is 1. The van der Waals surface area contributed by atoms with Crippen LogP contribution in [0.3, 0.4) is 0 Å². The lowest BCUT2D eigenvalue weighted by Gasteiger charge is -2.07. The molecule has 1 N–H and O–H groups in total. The molecule has 0 unspecified atom stereocenters. The third-order valence-corrected chi connectivity index (χ3v) is 5.46. The molecule has 0 aliphatic heterocycles. The zero-order valence-electron chi connectivity index (χ0n) is 15.8. The maximum atomic E-state index is 13.0. The SMILES string of the molecule is COc1ccc(CCNC(=O)c2cnc3scc(-c4ccccc4)n3c2=O)cc1. The van der Waals surface area contributed by atoms with Gasteiger partial charge < -0.3 is 10.1 Å². The number of methoxy groups -OCH3 is 1. The van der Waals surface area contributed by atoms with E-state index < -0.39 is 5.91 Å². The summed E-state index contributed by atoms with van der Waals surface area (Å²) in [5.41, 5.74) is 2.38. The van der Waals surface area contributed by atoms with Crippen molar-refractivity contribution >= 4 is 22.2 Å². The van der Waals surface area contributed by atoms with E-state index >= 15 is 0 Å². The quantitative estimate of drug-likeness (QED) is 0.534. The average molecular weight is 405 g/mol. The molecule has 2 aromatic heterocycles. The second kappa shape index (κ2) is 8.28. The highest BCUT2D eigenvalue weighted by Gasteiger charge is 2.16. The molecule has 0 atom stereocenters. The Hall–Kier alpha value is -3.45. The van der Waals surface area contributed by atoms with Crippen LogP contribution < -0.4 is 15.6 Å². The van der Waals surface area contributed by atoms with Gasteiger partial charge in [-0.3, -0.25) is 14.0 Å². The number of fused-ring (bicyclic) bond motifs is 1. The van der Waals surface area contributed by atoms with E-state index in [2.05, 4.69) is 10.3 Å². The normalized spacial score (nSPS) is 10.8. The zero-order chi connectivity index (χ0) is 20.2. The van der Waals surface area contributed by atoms with Gasteiger partial charge in [-0.15, -0.1) is 11.3 Å². The Bertz CT molecular complexity index is 1200. The molecule has 7 heteroatoms. The van der Waals surface area contributed by atoms with Gasteiger partial charge in [-0.05, 0) is 29.7 Å². The first-order chi connectivity index (χ1) is 14.2. The fourth-order valence-corrected chi connectivity index (χ4v) is 3.93. The highest BCUT2D eigenvalue weighted by Crippen LogP contribution is 2.23. The number of nitrogens with one attached hydrogen (secondary N) is 1. The van der Waals surface area contributed by atoms with Crippen molar-refractivity contribution in [1.82, 2.24) is 14.7 Å². The predicted molar refractivity (Wildman–Crippen MR) is 114 cm³/mol. The van der Waals surface area contributed by atoms with E-state index in [9.17, 15) is 9.59 Å². The van der Waals surface area contributed by atoms with Crippen molar-refractivity contribution < 1.29 is 9.53 Å². The van der Waals surface area contributed by atoms with Gasteiger partial charge >= 0.3 is 0 Å². The molecule has 0 aliphatic carbocycles. The molecule has 0 spiro atoms. The molecule has 0 radical (unpaired) electrons. The van der Waals surface area contributed by atoms with Crippen molar-refractivity contribution in [1.29, 1.82) is 0 Å². The highest BCUT2D eigenvalue weighted by atomic mass is 32.1. The maximum absolute atomic E-state index is 13.0. The van der Waals surface area contributed by atoms with Gasteiger partial charge in [0.15, 0.2) is 4.96 Å². The number of benzene rings is 2. The van der Waals surface area contributed by atoms with Crippen molar-refractivity contribution in [3.8, 4) is 17.0 Å². The Morgan fingerprint density at radius 2 is 1.90 bits per heavy atom. The van der Waals surface area contributed by atoms with E-state index in [1.54, 1.807) is 7.11 Å². The lowest BCUT2D eigenvalue weighted by molar-refractivity contribution is 0.0952. The van der Waals surface area contributed by atoms with E-state index in [0.717, 1.165) is 22.6 Å². The summed E-state index contributed by atoms with van der Waals surface area (Å²) in [5, 5.41) is 4.69. The van der Waals surface area contributed by atoms with Gasteiger partial charge in [0.05, 0.1) is 12.8 Å². The van der Waals surface area contributed by atoms with Gasteiger partial charge in [0, 0.05) is 18.1 Å². The summed E-state index contributed by atoms with van der Waals surface area (Å²) in [5.74, 6) is 0.366. The van der Waals surface area contributed by atoms with Crippen LogP contribution in [0.2, 0.25) is 0 Å². The summed E-state index contributed by atoms with van der Waals surface area (Å²) >= 11 is 1.37. The minimum atomic E-state index is -0.421. The van der Waals surface area contributed by atoms with E-state index in [1.807, 2.05) is 60.0 Å². The lowest BCUT2D eigenvalue weighted by Crippen LogP contribution is -2.32. The molecule has 2 heterocycles. The van der Waals surface area contributed by atoms with Crippen LogP contribution in [0.5, 0.6) is 5.75 Å². The Labute approximate surface area is 171 Å². The van der Waals surface area contributed by atoms with Gasteiger partial charge in [-0.1, -0.05) is 42.5 Å². The molecule has 1 amide bonds. The van der Waals surface area contributed by atoms with Crippen LogP contribution in [0, 0.1) is 0 Å². The molecule has 0 saturated carbocycles. The summed E-state index contributed by atoms with van der Waals surface area (Å²) in [7, 11) is 1.62. The molecule has 4 rings (SSSR count). The van der Waals surface area contributed by atoms with Gasteiger partial charge in [-0.2, -0.15) is 0 Å². The minimum absolute atomic E-state index is 0.0350. The standard InChI is InChI=1S/C22H19N3O3S/c1-28-17-9-7-15(8-10-17)11-12-23-20(26)18-13-24-22-25(21(18)27)19(14-29-22)16-5-3-2-4-6-16/h2-10,13-14H,11-12H2,1H3,(H,23,26). The number of amides is 1. The Morgan fingerprint density at radius 3 is 2.62 bits per heavy atom. The number of ether oxygens (including phenoxy) is 1. The Balaban J connectivity index is 1.53. The first-order valence-electron chi connectivity index (χ1n) is 9.13. The third kappa shape index (κ3) is 3.90. The molecular weight excluding hydrogens is 386 g/mol. The molecule has 4 aromatic rings. The van der Waals surface area contributed by atoms with Crippen LogP contribution in [0.1, 0.15) is 15.9 Å². The predicted octanol–water partition coefficient (Wildman–Crippen LogP) is 3.40. The van der Waals surface area contributed by atoms with Gasteiger partial charge in [-0.25, -0.2) is 4.98 Å². The van der Waals surface area contributed by atoms with Crippen LogP contribution in [0.4, 0.5) is 0 Å². The molecule has 0 bridgehead atoms. The minimum Gasteiger partial charge on any atom is -0.497 e. The number of carbonyl (C=O) groups is 1. The third-order valence-electron chi connectivity index (χ3n) is 4.62. The van der Waals surface area contributed by atoms with Crippen molar-refractivity contribution in [2.24, 2.45) is 0 Å². The summed E-state index contributed by atoms with van der Waals surface area (Å²) < 4.78 is 6.64. The molecule has 2 aromatic carbocycles. The number of nitrogens with zero attached hydrogens (tertiary/aromatic N) is 2. The lowest BCUT2D eigenvalue weighted by atomic mass is 10.1. The molecule has 0 fully saturated rings. The topological polar surface area (TPSA) is 72.7 Å². The molecular formula is C22H19N3O3S. The average Bonchev–Trinajstić information content (AvgIpc) is 3.20. The summed E-state index contributed by atoms with van der Waals surface area (Å²) in [6, 6.07) is 17.2. The Kier molecular flexibility index (Phi) is 5.39. The molecule has 6 nitrogen and oxygen atoms in total. The zero-order valence-corrected chi connectivity index (χ0v) is 16.6. The molecule has 146 valence electrons. The van der Waals surface area contributed by atoms with Gasteiger partial charge in [0.1, 0.15) is 11.3 Å². The fourth-order valence-electron chi connectivity index (χ4n) is 3.07. The maximum Gasteiger partial charge on any atom is 0.271 e.